The Hall–Kier alpha value is -2.69. The Bertz CT molecular complexity index is 859. The Morgan fingerprint density at radius 1 is 1.15 bits per heavy atom. The summed E-state index contributed by atoms with van der Waals surface area (Å²) in [5, 5.41) is 11.0. The van der Waals surface area contributed by atoms with Crippen LogP contribution in [0.25, 0.3) is 11.1 Å². The molecule has 2 aromatic rings. The predicted molar refractivity (Wildman–Crippen MR) is 105 cm³/mol. The molecule has 27 heavy (non-hydrogen) atoms. The third kappa shape index (κ3) is 4.54. The molecule has 0 saturated heterocycles. The first-order chi connectivity index (χ1) is 13.0. The van der Waals surface area contributed by atoms with Gasteiger partial charge in [-0.2, -0.15) is 0 Å². The SMILES string of the molecule is CCCCC(CCc1ccc2c(c1)Cc1cc([N+](=O)[O-])ccc1-2)OC(C)=O. The van der Waals surface area contributed by atoms with E-state index in [9.17, 15) is 14.9 Å². The second-order valence-corrected chi connectivity index (χ2v) is 7.18. The average molecular weight is 367 g/mol. The molecule has 3 rings (SSSR count). The Kier molecular flexibility index (Phi) is 5.89. The van der Waals surface area contributed by atoms with E-state index >= 15 is 0 Å². The minimum absolute atomic E-state index is 0.0319. The number of fused-ring (bicyclic) bond motifs is 3. The summed E-state index contributed by atoms with van der Waals surface area (Å²) in [5.74, 6) is -0.220. The molecule has 142 valence electrons. The Morgan fingerprint density at radius 2 is 1.85 bits per heavy atom. The summed E-state index contributed by atoms with van der Waals surface area (Å²) in [7, 11) is 0. The van der Waals surface area contributed by atoms with Crippen molar-refractivity contribution in [2.24, 2.45) is 0 Å². The first-order valence-electron chi connectivity index (χ1n) is 9.54. The molecule has 2 aromatic carbocycles. The normalized spacial score (nSPS) is 13.0. The van der Waals surface area contributed by atoms with Gasteiger partial charge in [-0.1, -0.05) is 38.0 Å². The molecule has 1 atom stereocenters. The fourth-order valence-electron chi connectivity index (χ4n) is 3.78. The fraction of sp³-hybridized carbons (Fsp3) is 0.409. The van der Waals surface area contributed by atoms with Gasteiger partial charge in [0.2, 0.25) is 0 Å². The maximum absolute atomic E-state index is 11.3. The number of aryl methyl sites for hydroxylation is 1. The lowest BCUT2D eigenvalue weighted by atomic mass is 9.98. The maximum Gasteiger partial charge on any atom is 0.302 e. The van der Waals surface area contributed by atoms with Crippen molar-refractivity contribution >= 4 is 11.7 Å². The average Bonchev–Trinajstić information content (AvgIpc) is 3.00. The van der Waals surface area contributed by atoms with Crippen molar-refractivity contribution in [2.75, 3.05) is 0 Å². The highest BCUT2D eigenvalue weighted by Gasteiger charge is 2.21. The summed E-state index contributed by atoms with van der Waals surface area (Å²) in [4.78, 5) is 22.0. The van der Waals surface area contributed by atoms with Crippen molar-refractivity contribution in [3.63, 3.8) is 0 Å². The van der Waals surface area contributed by atoms with Crippen LogP contribution in [0, 0.1) is 10.1 Å². The maximum atomic E-state index is 11.3. The lowest BCUT2D eigenvalue weighted by Crippen LogP contribution is -2.17. The topological polar surface area (TPSA) is 69.4 Å². The number of non-ortho nitro benzene ring substituents is 1. The van der Waals surface area contributed by atoms with Crippen LogP contribution in [0.4, 0.5) is 5.69 Å². The minimum atomic E-state index is -0.347. The van der Waals surface area contributed by atoms with Gasteiger partial charge in [0.1, 0.15) is 6.10 Å². The van der Waals surface area contributed by atoms with Gasteiger partial charge in [-0.05, 0) is 59.6 Å². The number of rotatable bonds is 8. The number of nitrogens with zero attached hydrogens (tertiary/aromatic N) is 1. The number of esters is 1. The number of hydrogen-bond donors (Lipinski definition) is 0. The molecule has 0 N–H and O–H groups in total. The molecule has 0 bridgehead atoms. The van der Waals surface area contributed by atoms with Crippen molar-refractivity contribution in [1.29, 1.82) is 0 Å². The van der Waals surface area contributed by atoms with Crippen molar-refractivity contribution in [3.8, 4) is 11.1 Å². The number of carbonyl (C=O) groups excluding carboxylic acids is 1. The van der Waals surface area contributed by atoms with Gasteiger partial charge in [0.25, 0.3) is 5.69 Å². The first kappa shape index (κ1) is 19.1. The lowest BCUT2D eigenvalue weighted by molar-refractivity contribution is -0.384. The van der Waals surface area contributed by atoms with Crippen molar-refractivity contribution in [1.82, 2.24) is 0 Å². The zero-order valence-corrected chi connectivity index (χ0v) is 15.9. The largest absolute Gasteiger partial charge is 0.463 e. The highest BCUT2D eigenvalue weighted by Crippen LogP contribution is 2.38. The Morgan fingerprint density at radius 3 is 2.52 bits per heavy atom. The second kappa shape index (κ2) is 8.33. The highest BCUT2D eigenvalue weighted by atomic mass is 16.6. The molecule has 1 unspecified atom stereocenters. The molecule has 0 saturated carbocycles. The molecular formula is C22H25NO4. The van der Waals surface area contributed by atoms with Crippen LogP contribution in [0.2, 0.25) is 0 Å². The van der Waals surface area contributed by atoms with Crippen LogP contribution in [-0.2, 0) is 22.4 Å². The van der Waals surface area contributed by atoms with Crippen LogP contribution in [0.15, 0.2) is 36.4 Å². The molecule has 0 aliphatic heterocycles. The summed E-state index contributed by atoms with van der Waals surface area (Å²) in [5.41, 5.74) is 5.82. The van der Waals surface area contributed by atoms with Crippen LogP contribution >= 0.6 is 0 Å². The van der Waals surface area contributed by atoms with Gasteiger partial charge in [0.15, 0.2) is 0 Å². The van der Waals surface area contributed by atoms with Gasteiger partial charge >= 0.3 is 5.97 Å². The molecular weight excluding hydrogens is 342 g/mol. The molecule has 0 radical (unpaired) electrons. The van der Waals surface area contributed by atoms with Crippen LogP contribution in [-0.4, -0.2) is 17.0 Å². The number of nitro benzene ring substituents is 1. The number of ether oxygens (including phenoxy) is 1. The number of hydrogen-bond acceptors (Lipinski definition) is 4. The van der Waals surface area contributed by atoms with E-state index in [-0.39, 0.29) is 22.7 Å². The monoisotopic (exact) mass is 367 g/mol. The summed E-state index contributed by atoms with van der Waals surface area (Å²) in [6.07, 6.45) is 5.40. The first-order valence-corrected chi connectivity index (χ1v) is 9.54. The van der Waals surface area contributed by atoms with E-state index in [0.29, 0.717) is 0 Å². The van der Waals surface area contributed by atoms with Gasteiger partial charge in [-0.15, -0.1) is 0 Å². The molecule has 0 spiro atoms. The number of benzene rings is 2. The Labute approximate surface area is 159 Å². The molecule has 0 fully saturated rings. The van der Waals surface area contributed by atoms with E-state index in [4.69, 9.17) is 4.74 Å². The van der Waals surface area contributed by atoms with Crippen LogP contribution in [0.1, 0.15) is 56.2 Å². The van der Waals surface area contributed by atoms with Gasteiger partial charge in [-0.25, -0.2) is 0 Å². The number of carbonyl (C=O) groups is 1. The second-order valence-electron chi connectivity index (χ2n) is 7.18. The zero-order valence-electron chi connectivity index (χ0n) is 15.9. The van der Waals surface area contributed by atoms with Crippen LogP contribution in [0.5, 0.6) is 0 Å². The summed E-state index contributed by atoms with van der Waals surface area (Å²) in [6, 6.07) is 11.5. The van der Waals surface area contributed by atoms with E-state index in [1.807, 2.05) is 6.07 Å². The molecule has 5 heteroatoms. The van der Waals surface area contributed by atoms with Gasteiger partial charge in [0, 0.05) is 19.1 Å². The lowest BCUT2D eigenvalue weighted by Gasteiger charge is -2.17. The molecule has 0 aromatic heterocycles. The third-order valence-electron chi connectivity index (χ3n) is 5.11. The molecule has 1 aliphatic carbocycles. The van der Waals surface area contributed by atoms with Crippen LogP contribution in [0.3, 0.4) is 0 Å². The van der Waals surface area contributed by atoms with Crippen molar-refractivity contribution < 1.29 is 14.5 Å². The summed E-state index contributed by atoms with van der Waals surface area (Å²) >= 11 is 0. The molecule has 0 amide bonds. The van der Waals surface area contributed by atoms with Gasteiger partial charge in [-0.3, -0.25) is 14.9 Å². The zero-order chi connectivity index (χ0) is 19.4. The van der Waals surface area contributed by atoms with E-state index in [1.165, 1.54) is 18.1 Å². The van der Waals surface area contributed by atoms with Crippen molar-refractivity contribution in [2.45, 2.75) is 58.5 Å². The van der Waals surface area contributed by atoms with Gasteiger partial charge in [0.05, 0.1) is 4.92 Å². The standard InChI is InChI=1S/C22H25NO4/c1-3-4-5-20(27-15(2)24)9-6-16-7-10-21-17(12-16)13-18-14-19(23(25)26)8-11-22(18)21/h7-8,10-12,14,20H,3-6,9,13H2,1-2H3. The molecule has 5 nitrogen and oxygen atoms in total. The third-order valence-corrected chi connectivity index (χ3v) is 5.11. The van der Waals surface area contributed by atoms with Crippen molar-refractivity contribution in [3.05, 3.63) is 63.2 Å². The van der Waals surface area contributed by atoms with E-state index in [1.54, 1.807) is 12.1 Å². The summed E-state index contributed by atoms with van der Waals surface area (Å²) < 4.78 is 5.45. The fourth-order valence-corrected chi connectivity index (χ4v) is 3.78. The van der Waals surface area contributed by atoms with Crippen LogP contribution < -0.4 is 0 Å². The minimum Gasteiger partial charge on any atom is -0.463 e. The van der Waals surface area contributed by atoms with E-state index in [0.717, 1.165) is 55.2 Å². The van der Waals surface area contributed by atoms with E-state index in [2.05, 4.69) is 25.1 Å². The quantitative estimate of drug-likeness (QED) is 0.311. The Balaban J connectivity index is 1.70. The van der Waals surface area contributed by atoms with Gasteiger partial charge < -0.3 is 4.74 Å². The number of nitro groups is 1. The predicted octanol–water partition coefficient (Wildman–Crippen LogP) is 5.22. The smallest absolute Gasteiger partial charge is 0.302 e. The highest BCUT2D eigenvalue weighted by molar-refractivity contribution is 5.78. The summed E-state index contributed by atoms with van der Waals surface area (Å²) in [6.45, 7) is 3.60. The molecule has 1 aliphatic rings. The molecule has 0 heterocycles. The number of unbranched alkanes of at least 4 members (excludes halogenated alkanes) is 1. The van der Waals surface area contributed by atoms with E-state index < -0.39 is 0 Å².